The van der Waals surface area contributed by atoms with Crippen molar-refractivity contribution in [3.05, 3.63) is 252 Å². The van der Waals surface area contributed by atoms with Gasteiger partial charge in [-0.2, -0.15) is 0 Å². The van der Waals surface area contributed by atoms with E-state index in [4.69, 9.17) is 5.73 Å². The summed E-state index contributed by atoms with van der Waals surface area (Å²) in [5, 5.41) is 0. The van der Waals surface area contributed by atoms with Crippen molar-refractivity contribution in [2.75, 3.05) is 10.6 Å². The molecule has 12 bridgehead atoms. The fourth-order valence-corrected chi connectivity index (χ4v) is 21.5. The first-order chi connectivity index (χ1) is 43.6. The second-order valence-corrected chi connectivity index (χ2v) is 30.5. The first kappa shape index (κ1) is 70.6. The van der Waals surface area contributed by atoms with E-state index in [-0.39, 0.29) is 55.1 Å². The van der Waals surface area contributed by atoms with Crippen molar-refractivity contribution in [2.24, 2.45) is 53.3 Å². The van der Waals surface area contributed by atoms with Gasteiger partial charge in [0.1, 0.15) is 0 Å². The van der Waals surface area contributed by atoms with E-state index < -0.39 is 0 Å². The SMILES string of the molecule is Brc1cccc(C23CC4CC(CC(C4)C2)C3)c1.C.C.C.C.CC.I.Nc1ccc(-c2ccc(-c3ccccc3)cc2)cc1.[HH].c1ccc(-c2ccc(-c3ccc(N(c4cccc(C56CC7CC(CC(C7)C5)C6)c4)c4cccc(C56CC7CC(CC(C7)C5)C6)c4)cc3)cc2)cc1. The number of rotatable bonds is 10. The standard InChI is InChI=1S/C50H51N.C18H15N.C16H19Br.C2H6.4CH4.HI.H2/c1-2-6-40(7-3-1)41-12-14-42(15-13-41)43-16-18-46(19-17-43)51(47-10-4-8-44(26-47)49-28-34-20-35(29-49)22-36(21-34)30-49)48-11-5-9-45(27-48)50-31-37-23-38(32-50)25-39(24-37)33-50;19-18-12-10-17(11-13-18)16-8-6-15(7-9-16)14-4-2-1-3-5-14;17-15-3-1-2-14(7-15)16-8-11-4-12(9-16)6-13(5-11)10-16;1-2;;;;;;/h1-19,26-27,34-39H,20-25,28-33H2;1-13H,19H2;1-3,7,11-13H,4-6,8-10H2;1-2H3;4*1H4;2*1H. The summed E-state index contributed by atoms with van der Waals surface area (Å²) in [5.74, 6) is 8.80. The molecule has 9 aromatic carbocycles. The van der Waals surface area contributed by atoms with Crippen LogP contribution in [0.3, 0.4) is 0 Å². The second kappa shape index (κ2) is 30.1. The lowest BCUT2D eigenvalue weighted by molar-refractivity contribution is -0.00532. The van der Waals surface area contributed by atoms with Crippen LogP contribution in [0.1, 0.15) is 177 Å². The van der Waals surface area contributed by atoms with E-state index in [2.05, 4.69) is 221 Å². The molecule has 4 heteroatoms. The molecule has 0 amide bonds. The second-order valence-electron chi connectivity index (χ2n) is 29.6. The normalized spacial score (nSPS) is 27.7. The highest BCUT2D eigenvalue weighted by Gasteiger charge is 2.54. The van der Waals surface area contributed by atoms with Crippen LogP contribution in [-0.4, -0.2) is 0 Å². The fraction of sp³-hybridized carbons (Fsp3) is 0.400. The third kappa shape index (κ3) is 14.4. The van der Waals surface area contributed by atoms with Gasteiger partial charge in [-0.15, -0.1) is 24.0 Å². The Morgan fingerprint density at radius 3 is 0.830 bits per heavy atom. The molecule has 12 aliphatic carbocycles. The van der Waals surface area contributed by atoms with Crippen LogP contribution in [-0.2, 0) is 16.2 Å². The number of anilines is 4. The predicted molar refractivity (Wildman–Crippen MR) is 423 cm³/mol. The lowest BCUT2D eigenvalue weighted by Crippen LogP contribution is -2.48. The highest BCUT2D eigenvalue weighted by Crippen LogP contribution is 2.64. The van der Waals surface area contributed by atoms with Crippen molar-refractivity contribution < 1.29 is 1.43 Å². The number of hydrogen-bond acceptors (Lipinski definition) is 2. The Bertz CT molecular complexity index is 3680. The van der Waals surface area contributed by atoms with Gasteiger partial charge in [0.2, 0.25) is 0 Å². The number of halogens is 2. The van der Waals surface area contributed by atoms with Crippen molar-refractivity contribution in [1.82, 2.24) is 0 Å². The molecule has 0 heterocycles. The summed E-state index contributed by atoms with van der Waals surface area (Å²) in [6.45, 7) is 4.00. The van der Waals surface area contributed by atoms with Crippen LogP contribution in [0.5, 0.6) is 0 Å². The van der Waals surface area contributed by atoms with E-state index in [1.807, 2.05) is 44.2 Å². The van der Waals surface area contributed by atoms with Gasteiger partial charge in [-0.05, 0) is 307 Å². The summed E-state index contributed by atoms with van der Waals surface area (Å²) in [7, 11) is 0. The van der Waals surface area contributed by atoms with E-state index in [0.717, 1.165) is 58.9 Å². The minimum atomic E-state index is 0. The molecule has 0 atom stereocenters. The average Bonchev–Trinajstić information content (AvgIpc) is 0.748. The van der Waals surface area contributed by atoms with Gasteiger partial charge in [-0.3, -0.25) is 0 Å². The Morgan fingerprint density at radius 1 is 0.298 bits per heavy atom. The maximum atomic E-state index is 5.70. The van der Waals surface area contributed by atoms with Crippen LogP contribution < -0.4 is 10.6 Å². The molecule has 12 fully saturated rings. The largest absolute Gasteiger partial charge is 0.399 e. The van der Waals surface area contributed by atoms with Gasteiger partial charge in [-0.25, -0.2) is 0 Å². The number of nitrogen functional groups attached to an aromatic ring is 1. The maximum absolute atomic E-state index is 5.70. The van der Waals surface area contributed by atoms with Gasteiger partial charge in [0.15, 0.2) is 0 Å². The summed E-state index contributed by atoms with van der Waals surface area (Å²) in [6, 6.07) is 85.0. The minimum absolute atomic E-state index is 0. The Balaban J connectivity index is 0.000000199. The van der Waals surface area contributed by atoms with Gasteiger partial charge in [0, 0.05) is 28.6 Å². The molecule has 0 saturated heterocycles. The Morgan fingerprint density at radius 2 is 0.543 bits per heavy atom. The van der Waals surface area contributed by atoms with Gasteiger partial charge >= 0.3 is 0 Å². The third-order valence-corrected chi connectivity index (χ3v) is 24.2. The van der Waals surface area contributed by atoms with Crippen LogP contribution in [0.25, 0.3) is 44.5 Å². The van der Waals surface area contributed by atoms with Gasteiger partial charge in [0.25, 0.3) is 0 Å². The maximum Gasteiger partial charge on any atom is 0.0464 e. The monoisotopic (exact) mass is 1420 g/mol. The Kier molecular flexibility index (Phi) is 22.6. The van der Waals surface area contributed by atoms with Crippen molar-refractivity contribution in [2.45, 2.75) is 175 Å². The van der Waals surface area contributed by atoms with Crippen LogP contribution >= 0.6 is 39.9 Å². The van der Waals surface area contributed by atoms with E-state index >= 15 is 0 Å². The Labute approximate surface area is 595 Å². The van der Waals surface area contributed by atoms with Crippen molar-refractivity contribution in [3.63, 3.8) is 0 Å². The summed E-state index contributed by atoms with van der Waals surface area (Å²) < 4.78 is 1.26. The fourth-order valence-electron chi connectivity index (χ4n) is 21.1. The van der Waals surface area contributed by atoms with Crippen LogP contribution in [0, 0.1) is 53.3 Å². The number of nitrogens with two attached hydrogens (primary N) is 1. The molecule has 94 heavy (non-hydrogen) atoms. The zero-order valence-electron chi connectivity index (χ0n) is 53.2. The molecule has 0 spiro atoms. The molecule has 0 aliphatic heterocycles. The zero-order valence-corrected chi connectivity index (χ0v) is 57.1. The summed E-state index contributed by atoms with van der Waals surface area (Å²) >= 11 is 3.64. The number of nitrogens with zero attached hydrogens (tertiary/aromatic N) is 1. The molecule has 21 rings (SSSR count). The average molecular weight is 1430 g/mol. The summed E-state index contributed by atoms with van der Waals surface area (Å²) in [4.78, 5) is 2.59. The van der Waals surface area contributed by atoms with Gasteiger partial charge < -0.3 is 10.6 Å². The predicted octanol–water partition coefficient (Wildman–Crippen LogP) is 27.4. The van der Waals surface area contributed by atoms with Crippen molar-refractivity contribution in [1.29, 1.82) is 0 Å². The zero-order chi connectivity index (χ0) is 60.1. The van der Waals surface area contributed by atoms with E-state index in [0.29, 0.717) is 16.2 Å². The van der Waals surface area contributed by atoms with Gasteiger partial charge in [-0.1, -0.05) is 229 Å². The van der Waals surface area contributed by atoms with Crippen LogP contribution in [0.15, 0.2) is 235 Å². The molecule has 9 aromatic rings. The van der Waals surface area contributed by atoms with Crippen LogP contribution in [0.4, 0.5) is 22.7 Å². The van der Waals surface area contributed by atoms with E-state index in [1.54, 1.807) is 16.7 Å². The minimum Gasteiger partial charge on any atom is -0.399 e. The molecule has 0 unspecified atom stereocenters. The van der Waals surface area contributed by atoms with Crippen molar-refractivity contribution >= 4 is 62.7 Å². The molecule has 12 aliphatic rings. The highest BCUT2D eigenvalue weighted by atomic mass is 127. The molecule has 0 radical (unpaired) electrons. The molecule has 494 valence electrons. The van der Waals surface area contributed by atoms with Gasteiger partial charge in [0.05, 0.1) is 0 Å². The molecule has 12 saturated carbocycles. The van der Waals surface area contributed by atoms with Crippen LogP contribution in [0.2, 0.25) is 0 Å². The Hall–Kier alpha value is -6.21. The molecule has 0 aromatic heterocycles. The first-order valence-corrected chi connectivity index (χ1v) is 35.5. The molecular weight excluding hydrogens is 1320 g/mol. The molecular formula is C90H110BrIN2. The number of benzene rings is 9. The first-order valence-electron chi connectivity index (χ1n) is 34.7. The van der Waals surface area contributed by atoms with E-state index in [1.165, 1.54) is 182 Å². The lowest BCUT2D eigenvalue weighted by Gasteiger charge is -2.57. The molecule has 2 N–H and O–H groups in total. The van der Waals surface area contributed by atoms with E-state index in [9.17, 15) is 0 Å². The van der Waals surface area contributed by atoms with Crippen molar-refractivity contribution in [3.8, 4) is 44.5 Å². The molecule has 2 nitrogen and oxygen atoms in total. The topological polar surface area (TPSA) is 29.3 Å². The summed E-state index contributed by atoms with van der Waals surface area (Å²) in [5.41, 5.74) is 26.5. The number of hydrogen-bond donors (Lipinski definition) is 1. The third-order valence-electron chi connectivity index (χ3n) is 23.7. The quantitative estimate of drug-likeness (QED) is 0.109. The lowest BCUT2D eigenvalue weighted by atomic mass is 9.48. The highest BCUT2D eigenvalue weighted by molar-refractivity contribution is 14.0. The smallest absolute Gasteiger partial charge is 0.0464 e. The summed E-state index contributed by atoms with van der Waals surface area (Å²) in [6.07, 6.45) is 26.4.